The van der Waals surface area contributed by atoms with Crippen LogP contribution in [0.5, 0.6) is 0 Å². The molecule has 1 unspecified atom stereocenters. The Morgan fingerprint density at radius 1 is 1.26 bits per heavy atom. The highest BCUT2D eigenvalue weighted by atomic mass is 79.9. The fourth-order valence-electron chi connectivity index (χ4n) is 1.76. The Hall–Kier alpha value is -0.850. The van der Waals surface area contributed by atoms with Crippen LogP contribution >= 0.6 is 27.3 Å². The molecule has 0 saturated heterocycles. The number of aliphatic hydroxyl groups is 1. The maximum atomic E-state index is 12.9. The van der Waals surface area contributed by atoms with Gasteiger partial charge in [0.15, 0.2) is 0 Å². The summed E-state index contributed by atoms with van der Waals surface area (Å²) < 4.78 is 39.5. The molecule has 0 fully saturated rings. The van der Waals surface area contributed by atoms with Crippen molar-refractivity contribution in [2.75, 3.05) is 0 Å². The Kier molecular flexibility index (Phi) is 4.03. The molecule has 0 aliphatic rings. The maximum Gasteiger partial charge on any atom is 0.416 e. The monoisotopic (exact) mass is 350 g/mol. The number of hydrogen-bond acceptors (Lipinski definition) is 2. The van der Waals surface area contributed by atoms with E-state index in [0.29, 0.717) is 4.88 Å². The molecule has 2 rings (SSSR count). The first-order valence-corrected chi connectivity index (χ1v) is 7.01. The van der Waals surface area contributed by atoms with Gasteiger partial charge in [0.25, 0.3) is 0 Å². The summed E-state index contributed by atoms with van der Waals surface area (Å²) in [6, 6.07) is 6.74. The molecule has 0 spiro atoms. The summed E-state index contributed by atoms with van der Waals surface area (Å²) in [5.41, 5.74) is -0.923. The van der Waals surface area contributed by atoms with Gasteiger partial charge in [-0.25, -0.2) is 0 Å². The third kappa shape index (κ3) is 3.01. The third-order valence-corrected chi connectivity index (χ3v) is 4.90. The van der Waals surface area contributed by atoms with Crippen molar-refractivity contribution in [3.05, 3.63) is 55.7 Å². The van der Waals surface area contributed by atoms with Crippen molar-refractivity contribution in [2.45, 2.75) is 19.2 Å². The van der Waals surface area contributed by atoms with Gasteiger partial charge in [0.1, 0.15) is 6.10 Å². The highest BCUT2D eigenvalue weighted by Gasteiger charge is 2.35. The molecule has 19 heavy (non-hydrogen) atoms. The molecular formula is C13H10BrF3OS. The SMILES string of the molecule is Cc1sc(C(O)c2ccccc2C(F)(F)F)cc1Br. The van der Waals surface area contributed by atoms with Gasteiger partial charge in [-0.3, -0.25) is 0 Å². The molecule has 6 heteroatoms. The van der Waals surface area contributed by atoms with E-state index >= 15 is 0 Å². The van der Waals surface area contributed by atoms with Crippen LogP contribution in [-0.4, -0.2) is 5.11 Å². The van der Waals surface area contributed by atoms with Crippen LogP contribution in [0.25, 0.3) is 0 Å². The van der Waals surface area contributed by atoms with Gasteiger partial charge in [-0.15, -0.1) is 11.3 Å². The molecule has 0 aliphatic carbocycles. The average Bonchev–Trinajstić information content (AvgIpc) is 2.68. The molecule has 1 aromatic heterocycles. The highest BCUT2D eigenvalue weighted by molar-refractivity contribution is 9.10. The van der Waals surface area contributed by atoms with E-state index in [1.807, 2.05) is 6.92 Å². The Bertz CT molecular complexity index is 572. The molecule has 1 heterocycles. The zero-order valence-corrected chi connectivity index (χ0v) is 12.2. The lowest BCUT2D eigenvalue weighted by molar-refractivity contribution is -0.138. The van der Waals surface area contributed by atoms with E-state index in [-0.39, 0.29) is 5.56 Å². The smallest absolute Gasteiger partial charge is 0.383 e. The topological polar surface area (TPSA) is 20.2 Å². The van der Waals surface area contributed by atoms with Crippen LogP contribution in [0.15, 0.2) is 34.8 Å². The van der Waals surface area contributed by atoms with Crippen LogP contribution in [0.1, 0.15) is 27.0 Å². The van der Waals surface area contributed by atoms with Gasteiger partial charge in [-0.2, -0.15) is 13.2 Å². The summed E-state index contributed by atoms with van der Waals surface area (Å²) in [5.74, 6) is 0. The summed E-state index contributed by atoms with van der Waals surface area (Å²) in [6.45, 7) is 1.83. The average molecular weight is 351 g/mol. The van der Waals surface area contributed by atoms with Crippen LogP contribution in [-0.2, 0) is 6.18 Å². The van der Waals surface area contributed by atoms with Crippen LogP contribution in [0.2, 0.25) is 0 Å². The van der Waals surface area contributed by atoms with Gasteiger partial charge in [-0.1, -0.05) is 18.2 Å². The molecule has 0 bridgehead atoms. The second-order valence-corrected chi connectivity index (χ2v) is 6.18. The van der Waals surface area contributed by atoms with Gasteiger partial charge in [0.05, 0.1) is 5.56 Å². The Morgan fingerprint density at radius 3 is 2.42 bits per heavy atom. The molecular weight excluding hydrogens is 341 g/mol. The van der Waals surface area contributed by atoms with E-state index in [4.69, 9.17) is 0 Å². The van der Waals surface area contributed by atoms with Crippen LogP contribution in [0, 0.1) is 6.92 Å². The summed E-state index contributed by atoms with van der Waals surface area (Å²) in [4.78, 5) is 1.40. The van der Waals surface area contributed by atoms with Crippen LogP contribution in [0.4, 0.5) is 13.2 Å². The fourth-order valence-corrected chi connectivity index (χ4v) is 3.33. The molecule has 1 N–H and O–H groups in total. The second-order valence-electron chi connectivity index (χ2n) is 4.04. The van der Waals surface area contributed by atoms with E-state index in [9.17, 15) is 18.3 Å². The number of aliphatic hydroxyl groups excluding tert-OH is 1. The molecule has 102 valence electrons. The molecule has 0 aliphatic heterocycles. The van der Waals surface area contributed by atoms with Crippen molar-refractivity contribution >= 4 is 27.3 Å². The lowest BCUT2D eigenvalue weighted by Crippen LogP contribution is -2.12. The van der Waals surface area contributed by atoms with E-state index in [1.165, 1.54) is 29.5 Å². The zero-order valence-electron chi connectivity index (χ0n) is 9.83. The minimum Gasteiger partial charge on any atom is -0.383 e. The minimum atomic E-state index is -4.47. The third-order valence-electron chi connectivity index (χ3n) is 2.71. The van der Waals surface area contributed by atoms with Crippen molar-refractivity contribution in [2.24, 2.45) is 0 Å². The standard InChI is InChI=1S/C13H10BrF3OS/c1-7-10(14)6-11(19-7)12(18)8-4-2-3-5-9(8)13(15,16)17/h2-6,12,18H,1H3. The largest absolute Gasteiger partial charge is 0.416 e. The van der Waals surface area contributed by atoms with Gasteiger partial charge in [0, 0.05) is 14.2 Å². The quantitative estimate of drug-likeness (QED) is 0.814. The van der Waals surface area contributed by atoms with Crippen molar-refractivity contribution in [1.29, 1.82) is 0 Å². The highest BCUT2D eigenvalue weighted by Crippen LogP contribution is 2.39. The van der Waals surface area contributed by atoms with Crippen LogP contribution < -0.4 is 0 Å². The van der Waals surface area contributed by atoms with Gasteiger partial charge in [-0.05, 0) is 40.5 Å². The van der Waals surface area contributed by atoms with Crippen molar-refractivity contribution < 1.29 is 18.3 Å². The Labute approximate surface area is 120 Å². The number of aryl methyl sites for hydroxylation is 1. The molecule has 1 nitrogen and oxygen atoms in total. The number of thiophene rings is 1. The first-order valence-electron chi connectivity index (χ1n) is 5.40. The predicted octanol–water partition coefficient (Wildman–Crippen LogP) is 4.92. The van der Waals surface area contributed by atoms with Gasteiger partial charge < -0.3 is 5.11 Å². The first-order chi connectivity index (χ1) is 8.80. The van der Waals surface area contributed by atoms with E-state index < -0.39 is 17.8 Å². The Morgan fingerprint density at radius 2 is 1.89 bits per heavy atom. The zero-order chi connectivity index (χ0) is 14.2. The first kappa shape index (κ1) is 14.6. The molecule has 1 aromatic carbocycles. The second kappa shape index (κ2) is 5.26. The van der Waals surface area contributed by atoms with Crippen LogP contribution in [0.3, 0.4) is 0 Å². The summed E-state index contributed by atoms with van der Waals surface area (Å²) in [5, 5.41) is 10.2. The lowest BCUT2D eigenvalue weighted by Gasteiger charge is -2.16. The Balaban J connectivity index is 2.47. The number of hydrogen-bond donors (Lipinski definition) is 1. The van der Waals surface area contributed by atoms with E-state index in [2.05, 4.69) is 15.9 Å². The van der Waals surface area contributed by atoms with Gasteiger partial charge in [0.2, 0.25) is 0 Å². The number of alkyl halides is 3. The van der Waals surface area contributed by atoms with Crippen molar-refractivity contribution in [1.82, 2.24) is 0 Å². The summed E-state index contributed by atoms with van der Waals surface area (Å²) in [7, 11) is 0. The minimum absolute atomic E-state index is 0.122. The van der Waals surface area contributed by atoms with Crippen molar-refractivity contribution in [3.8, 4) is 0 Å². The molecule has 0 radical (unpaired) electrons. The molecule has 0 amide bonds. The van der Waals surface area contributed by atoms with Gasteiger partial charge >= 0.3 is 6.18 Å². The molecule has 0 saturated carbocycles. The summed E-state index contributed by atoms with van der Waals surface area (Å²) in [6.07, 6.45) is -5.74. The number of halogens is 4. The molecule has 1 atom stereocenters. The van der Waals surface area contributed by atoms with E-state index in [1.54, 1.807) is 6.07 Å². The number of benzene rings is 1. The fraction of sp³-hybridized carbons (Fsp3) is 0.231. The predicted molar refractivity (Wildman–Crippen MR) is 72.3 cm³/mol. The molecule has 2 aromatic rings. The van der Waals surface area contributed by atoms with E-state index in [0.717, 1.165) is 15.4 Å². The maximum absolute atomic E-state index is 12.9. The number of rotatable bonds is 2. The normalized spacial score (nSPS) is 13.6. The van der Waals surface area contributed by atoms with Crippen molar-refractivity contribution in [3.63, 3.8) is 0 Å². The lowest BCUT2D eigenvalue weighted by atomic mass is 10.0. The summed E-state index contributed by atoms with van der Waals surface area (Å²) >= 11 is 4.56.